The van der Waals surface area contributed by atoms with E-state index < -0.39 is 11.1 Å². The number of phenols is 1. The molecule has 9 heteroatoms. The maximum absolute atomic E-state index is 11.5. The van der Waals surface area contributed by atoms with Crippen LogP contribution in [0.4, 0.5) is 0 Å². The summed E-state index contributed by atoms with van der Waals surface area (Å²) in [7, 11) is 4.39. The molecule has 2 N–H and O–H groups in total. The zero-order valence-corrected chi connectivity index (χ0v) is 15.2. The van der Waals surface area contributed by atoms with Gasteiger partial charge in [-0.05, 0) is 53.0 Å². The molecule has 2 aromatic carbocycles. The standard InChI is InChI=1S/C17H19N3O5S/c1-20(19-10-11-4-7-14(21)15(8-11)25-3)17(18)13-6-5-12(24-2)9-16(13)26(22)23/h4-10,18,21H,1-3H3,(H,22,23)/p-1/b18-17?,19-10+. The van der Waals surface area contributed by atoms with Crippen LogP contribution in [0.15, 0.2) is 46.4 Å². The summed E-state index contributed by atoms with van der Waals surface area (Å²) in [6.45, 7) is 0. The zero-order valence-electron chi connectivity index (χ0n) is 14.4. The van der Waals surface area contributed by atoms with Gasteiger partial charge in [-0.25, -0.2) is 0 Å². The van der Waals surface area contributed by atoms with Crippen molar-refractivity contribution in [2.45, 2.75) is 4.90 Å². The quantitative estimate of drug-likeness (QED) is 0.344. The SMILES string of the molecule is COc1ccc(C(=N)N(C)/N=C/c2ccc(O)c(OC)c2)c(S(=O)[O-])c1. The predicted octanol–water partition coefficient (Wildman–Crippen LogP) is 1.94. The van der Waals surface area contributed by atoms with Gasteiger partial charge in [0.05, 0.1) is 20.4 Å². The fraction of sp³-hybridized carbons (Fsp3) is 0.176. The van der Waals surface area contributed by atoms with E-state index >= 15 is 0 Å². The van der Waals surface area contributed by atoms with Crippen LogP contribution in [0.3, 0.4) is 0 Å². The van der Waals surface area contributed by atoms with Gasteiger partial charge >= 0.3 is 0 Å². The van der Waals surface area contributed by atoms with Gasteiger partial charge in [-0.2, -0.15) is 5.10 Å². The Morgan fingerprint density at radius 2 is 2.00 bits per heavy atom. The van der Waals surface area contributed by atoms with Gasteiger partial charge in [0.15, 0.2) is 11.5 Å². The number of phenolic OH excluding ortho intramolecular Hbond substituents is 1. The summed E-state index contributed by atoms with van der Waals surface area (Å²) in [5, 5.41) is 23.2. The Morgan fingerprint density at radius 1 is 1.27 bits per heavy atom. The third kappa shape index (κ3) is 4.38. The lowest BCUT2D eigenvalue weighted by Gasteiger charge is -2.18. The first-order valence-corrected chi connectivity index (χ1v) is 8.45. The number of amidine groups is 1. The molecule has 0 saturated heterocycles. The Morgan fingerprint density at radius 3 is 2.62 bits per heavy atom. The molecule has 1 atom stereocenters. The van der Waals surface area contributed by atoms with Crippen molar-refractivity contribution in [2.75, 3.05) is 21.3 Å². The van der Waals surface area contributed by atoms with Crippen LogP contribution in [0.25, 0.3) is 0 Å². The van der Waals surface area contributed by atoms with Crippen molar-refractivity contribution in [3.8, 4) is 17.2 Å². The van der Waals surface area contributed by atoms with Gasteiger partial charge < -0.3 is 19.1 Å². The third-order valence-electron chi connectivity index (χ3n) is 3.53. The maximum Gasteiger partial charge on any atom is 0.161 e. The molecule has 0 fully saturated rings. The van der Waals surface area contributed by atoms with E-state index in [0.29, 0.717) is 17.1 Å². The molecule has 138 valence electrons. The number of nitrogens with one attached hydrogen (secondary N) is 1. The third-order valence-corrected chi connectivity index (χ3v) is 4.23. The number of aromatic hydroxyl groups is 1. The highest BCUT2D eigenvalue weighted by molar-refractivity contribution is 7.79. The Hall–Kier alpha value is -2.91. The molecule has 2 aromatic rings. The average molecular weight is 376 g/mol. The zero-order chi connectivity index (χ0) is 19.3. The monoisotopic (exact) mass is 376 g/mol. The number of hydrogen-bond donors (Lipinski definition) is 2. The predicted molar refractivity (Wildman–Crippen MR) is 97.0 cm³/mol. The van der Waals surface area contributed by atoms with Gasteiger partial charge in [0.1, 0.15) is 11.6 Å². The molecular weight excluding hydrogens is 358 g/mol. The van der Waals surface area contributed by atoms with Crippen LogP contribution in [0, 0.1) is 5.41 Å². The summed E-state index contributed by atoms with van der Waals surface area (Å²) in [6.07, 6.45) is 1.47. The van der Waals surface area contributed by atoms with Crippen molar-refractivity contribution in [1.29, 1.82) is 5.41 Å². The van der Waals surface area contributed by atoms with E-state index in [1.54, 1.807) is 18.2 Å². The van der Waals surface area contributed by atoms with Gasteiger partial charge in [0.2, 0.25) is 0 Å². The number of hydrazone groups is 1. The molecular formula is C17H18N3O5S-. The lowest BCUT2D eigenvalue weighted by Crippen LogP contribution is -2.23. The second kappa shape index (κ2) is 8.45. The van der Waals surface area contributed by atoms with Crippen molar-refractivity contribution in [1.82, 2.24) is 5.01 Å². The van der Waals surface area contributed by atoms with E-state index in [1.165, 1.54) is 50.7 Å². The van der Waals surface area contributed by atoms with E-state index in [9.17, 15) is 13.9 Å². The first-order valence-electron chi connectivity index (χ1n) is 7.38. The number of methoxy groups -OCH3 is 2. The van der Waals surface area contributed by atoms with Gasteiger partial charge in [0, 0.05) is 17.5 Å². The lowest BCUT2D eigenvalue weighted by molar-refractivity contribution is 0.373. The van der Waals surface area contributed by atoms with Crippen molar-refractivity contribution in [3.63, 3.8) is 0 Å². The summed E-state index contributed by atoms with van der Waals surface area (Å²) in [6, 6.07) is 9.08. The van der Waals surface area contributed by atoms with Crippen molar-refractivity contribution in [3.05, 3.63) is 47.5 Å². The molecule has 26 heavy (non-hydrogen) atoms. The summed E-state index contributed by atoms with van der Waals surface area (Å²) in [4.78, 5) is -0.0531. The smallest absolute Gasteiger partial charge is 0.161 e. The summed E-state index contributed by atoms with van der Waals surface area (Å²) in [5.74, 6) is 0.578. The molecule has 0 spiro atoms. The minimum Gasteiger partial charge on any atom is -0.768 e. The van der Waals surface area contributed by atoms with Crippen LogP contribution in [-0.2, 0) is 11.1 Å². The molecule has 0 aromatic heterocycles. The van der Waals surface area contributed by atoms with E-state index in [-0.39, 0.29) is 22.0 Å². The van der Waals surface area contributed by atoms with Crippen LogP contribution < -0.4 is 9.47 Å². The molecule has 0 aliphatic carbocycles. The van der Waals surface area contributed by atoms with Gasteiger partial charge in [-0.1, -0.05) is 0 Å². The minimum atomic E-state index is -2.53. The first-order chi connectivity index (χ1) is 12.4. The Labute approximate surface area is 153 Å². The minimum absolute atomic E-state index is 0.00606. The van der Waals surface area contributed by atoms with Gasteiger partial charge in [-0.15, -0.1) is 0 Å². The van der Waals surface area contributed by atoms with E-state index in [4.69, 9.17) is 14.9 Å². The highest BCUT2D eigenvalue weighted by Crippen LogP contribution is 2.25. The van der Waals surface area contributed by atoms with Crippen LogP contribution in [0.2, 0.25) is 0 Å². The first kappa shape index (κ1) is 19.4. The Bertz CT molecular complexity index is 869. The molecule has 2 rings (SSSR count). The largest absolute Gasteiger partial charge is 0.768 e. The molecule has 0 amide bonds. The molecule has 1 unspecified atom stereocenters. The second-order valence-electron chi connectivity index (χ2n) is 5.14. The molecule has 0 aliphatic heterocycles. The van der Waals surface area contributed by atoms with E-state index in [2.05, 4.69) is 5.10 Å². The molecule has 0 heterocycles. The average Bonchev–Trinajstić information content (AvgIpc) is 2.65. The highest BCUT2D eigenvalue weighted by atomic mass is 32.2. The molecule has 0 radical (unpaired) electrons. The fourth-order valence-corrected chi connectivity index (χ4v) is 2.68. The van der Waals surface area contributed by atoms with Crippen LogP contribution >= 0.6 is 0 Å². The van der Waals surface area contributed by atoms with Crippen LogP contribution in [0.5, 0.6) is 17.2 Å². The van der Waals surface area contributed by atoms with E-state index in [1.807, 2.05) is 0 Å². The number of hydrogen-bond acceptors (Lipinski definition) is 7. The van der Waals surface area contributed by atoms with Crippen molar-refractivity contribution >= 4 is 23.1 Å². The number of benzene rings is 2. The summed E-state index contributed by atoms with van der Waals surface area (Å²) >= 11 is -2.53. The van der Waals surface area contributed by atoms with Gasteiger partial charge in [0.25, 0.3) is 0 Å². The van der Waals surface area contributed by atoms with Crippen LogP contribution in [-0.4, -0.2) is 52.2 Å². The lowest BCUT2D eigenvalue weighted by atomic mass is 10.2. The highest BCUT2D eigenvalue weighted by Gasteiger charge is 2.13. The number of nitrogens with zero attached hydrogens (tertiary/aromatic N) is 2. The fourth-order valence-electron chi connectivity index (χ4n) is 2.12. The number of ether oxygens (including phenoxy) is 2. The Kier molecular flexibility index (Phi) is 6.31. The second-order valence-corrected chi connectivity index (χ2v) is 6.05. The van der Waals surface area contributed by atoms with Crippen LogP contribution in [0.1, 0.15) is 11.1 Å². The normalized spacial score (nSPS) is 12.0. The summed E-state index contributed by atoms with van der Waals surface area (Å²) in [5.41, 5.74) is 0.837. The van der Waals surface area contributed by atoms with E-state index in [0.717, 1.165) is 0 Å². The van der Waals surface area contributed by atoms with Crippen molar-refractivity contribution in [2.24, 2.45) is 5.10 Å². The topological polar surface area (TPSA) is 118 Å². The molecule has 0 aliphatic rings. The Balaban J connectivity index is 2.26. The summed E-state index contributed by atoms with van der Waals surface area (Å²) < 4.78 is 32.9. The molecule has 0 bridgehead atoms. The molecule has 0 saturated carbocycles. The van der Waals surface area contributed by atoms with Gasteiger partial charge in [-0.3, -0.25) is 14.6 Å². The number of rotatable bonds is 6. The maximum atomic E-state index is 11.5. The molecule has 8 nitrogen and oxygen atoms in total. The van der Waals surface area contributed by atoms with Crippen molar-refractivity contribution < 1.29 is 23.3 Å².